The van der Waals surface area contributed by atoms with E-state index in [1.54, 1.807) is 49.2 Å². The lowest BCUT2D eigenvalue weighted by atomic mass is 10.1. The average Bonchev–Trinajstić information content (AvgIpc) is 3.20. The average molecular weight is 420 g/mol. The van der Waals surface area contributed by atoms with Gasteiger partial charge in [-0.2, -0.15) is 9.49 Å². The first-order chi connectivity index (χ1) is 14.9. The molecule has 0 radical (unpaired) electrons. The number of nitrogens with one attached hydrogen (secondary N) is 1. The van der Waals surface area contributed by atoms with Gasteiger partial charge in [-0.15, -0.1) is 0 Å². The van der Waals surface area contributed by atoms with E-state index in [2.05, 4.69) is 25.4 Å². The van der Waals surface area contributed by atoms with Gasteiger partial charge < -0.3 is 5.32 Å². The van der Waals surface area contributed by atoms with Gasteiger partial charge >= 0.3 is 0 Å². The smallest absolute Gasteiger partial charge is 0.270 e. The third-order valence-electron chi connectivity index (χ3n) is 4.66. The summed E-state index contributed by atoms with van der Waals surface area (Å²) in [6.45, 7) is 1.73. The highest BCUT2D eigenvalue weighted by Crippen LogP contribution is 2.23. The zero-order chi connectivity index (χ0) is 22.0. The normalized spacial score (nSPS) is 11.9. The lowest BCUT2D eigenvalue weighted by Crippen LogP contribution is -2.28. The van der Waals surface area contributed by atoms with E-state index in [0.717, 1.165) is 0 Å². The molecule has 0 fully saturated rings. The summed E-state index contributed by atoms with van der Waals surface area (Å²) in [6.07, 6.45) is 4.66. The summed E-state index contributed by atoms with van der Waals surface area (Å²) in [5, 5.41) is 6.93. The van der Waals surface area contributed by atoms with Crippen LogP contribution in [0.4, 0.5) is 8.78 Å². The van der Waals surface area contributed by atoms with E-state index in [0.29, 0.717) is 28.2 Å². The van der Waals surface area contributed by atoms with Gasteiger partial charge in [0.1, 0.15) is 11.5 Å². The van der Waals surface area contributed by atoms with Crippen molar-refractivity contribution in [3.8, 4) is 22.6 Å². The SMILES string of the molecule is C[C@H](NC(=O)c1cc(-c2ccc(F)cc2)nc(-c2cnn(C)c2)n1)c1ccnc(F)c1. The first kappa shape index (κ1) is 20.3. The van der Waals surface area contributed by atoms with Crippen molar-refractivity contribution in [1.82, 2.24) is 30.0 Å². The number of pyridine rings is 1. The highest BCUT2D eigenvalue weighted by molar-refractivity contribution is 5.94. The molecule has 156 valence electrons. The molecule has 0 spiro atoms. The largest absolute Gasteiger partial charge is 0.344 e. The van der Waals surface area contributed by atoms with Crippen LogP contribution in [-0.2, 0) is 7.05 Å². The first-order valence-corrected chi connectivity index (χ1v) is 9.45. The van der Waals surface area contributed by atoms with Crippen LogP contribution in [0, 0.1) is 11.8 Å². The summed E-state index contributed by atoms with van der Waals surface area (Å²) in [5.74, 6) is -1.15. The Hall–Kier alpha value is -4.01. The van der Waals surface area contributed by atoms with Crippen molar-refractivity contribution >= 4 is 5.91 Å². The van der Waals surface area contributed by atoms with E-state index >= 15 is 0 Å². The van der Waals surface area contributed by atoms with Gasteiger partial charge in [-0.05, 0) is 55.0 Å². The zero-order valence-corrected chi connectivity index (χ0v) is 16.8. The molecule has 3 heterocycles. The van der Waals surface area contributed by atoms with Gasteiger partial charge in [-0.25, -0.2) is 19.3 Å². The first-order valence-electron chi connectivity index (χ1n) is 9.45. The molecule has 0 aliphatic heterocycles. The van der Waals surface area contributed by atoms with Crippen LogP contribution in [0.3, 0.4) is 0 Å². The van der Waals surface area contributed by atoms with E-state index in [1.165, 1.54) is 30.5 Å². The highest BCUT2D eigenvalue weighted by atomic mass is 19.1. The topological polar surface area (TPSA) is 85.6 Å². The molecule has 1 atom stereocenters. The maximum absolute atomic E-state index is 13.4. The predicted molar refractivity (Wildman–Crippen MR) is 110 cm³/mol. The van der Waals surface area contributed by atoms with Crippen LogP contribution in [0.1, 0.15) is 29.0 Å². The summed E-state index contributed by atoms with van der Waals surface area (Å²) in [6, 6.07) is 9.74. The van der Waals surface area contributed by atoms with Crippen LogP contribution in [0.5, 0.6) is 0 Å². The molecule has 7 nitrogen and oxygen atoms in total. The number of amides is 1. The fourth-order valence-electron chi connectivity index (χ4n) is 3.04. The second-order valence-electron chi connectivity index (χ2n) is 6.98. The number of halogens is 2. The number of hydrogen-bond acceptors (Lipinski definition) is 5. The number of hydrogen-bond donors (Lipinski definition) is 1. The Bertz CT molecular complexity index is 1240. The van der Waals surface area contributed by atoms with Gasteiger partial charge in [0.2, 0.25) is 5.95 Å². The maximum atomic E-state index is 13.4. The van der Waals surface area contributed by atoms with Crippen LogP contribution in [-0.4, -0.2) is 30.6 Å². The summed E-state index contributed by atoms with van der Waals surface area (Å²) < 4.78 is 28.4. The number of nitrogens with zero attached hydrogens (tertiary/aromatic N) is 5. The van der Waals surface area contributed by atoms with Crippen LogP contribution in [0.15, 0.2) is 61.1 Å². The maximum Gasteiger partial charge on any atom is 0.270 e. The molecule has 0 aliphatic rings. The van der Waals surface area contributed by atoms with Gasteiger partial charge in [0, 0.05) is 25.0 Å². The van der Waals surface area contributed by atoms with Crippen molar-refractivity contribution in [2.75, 3.05) is 0 Å². The van der Waals surface area contributed by atoms with Gasteiger partial charge in [-0.3, -0.25) is 9.48 Å². The summed E-state index contributed by atoms with van der Waals surface area (Å²) in [4.78, 5) is 25.4. The van der Waals surface area contributed by atoms with Crippen molar-refractivity contribution in [2.24, 2.45) is 7.05 Å². The van der Waals surface area contributed by atoms with Gasteiger partial charge in [0.25, 0.3) is 5.91 Å². The van der Waals surface area contributed by atoms with Crippen LogP contribution >= 0.6 is 0 Å². The molecule has 0 bridgehead atoms. The minimum absolute atomic E-state index is 0.120. The molecule has 9 heteroatoms. The highest BCUT2D eigenvalue weighted by Gasteiger charge is 2.18. The Balaban J connectivity index is 1.70. The molecule has 0 saturated carbocycles. The number of benzene rings is 1. The van der Waals surface area contributed by atoms with E-state index in [9.17, 15) is 13.6 Å². The third kappa shape index (κ3) is 4.61. The Labute approximate surface area is 176 Å². The van der Waals surface area contributed by atoms with Crippen molar-refractivity contribution in [1.29, 1.82) is 0 Å². The molecule has 4 rings (SSSR count). The van der Waals surface area contributed by atoms with E-state index < -0.39 is 17.9 Å². The molecule has 1 amide bonds. The van der Waals surface area contributed by atoms with E-state index in [4.69, 9.17) is 0 Å². The molecule has 0 aliphatic carbocycles. The molecule has 3 aromatic heterocycles. The number of carbonyl (C=O) groups is 1. The predicted octanol–water partition coefficient (Wildman–Crippen LogP) is 3.71. The van der Waals surface area contributed by atoms with Crippen molar-refractivity contribution in [2.45, 2.75) is 13.0 Å². The molecule has 0 unspecified atom stereocenters. The second-order valence-corrected chi connectivity index (χ2v) is 6.98. The van der Waals surface area contributed by atoms with Crippen molar-refractivity contribution in [3.05, 3.63) is 84.1 Å². The van der Waals surface area contributed by atoms with Crippen molar-refractivity contribution < 1.29 is 13.6 Å². The van der Waals surface area contributed by atoms with Crippen molar-refractivity contribution in [3.63, 3.8) is 0 Å². The minimum atomic E-state index is -0.627. The number of aromatic nitrogens is 5. The monoisotopic (exact) mass is 420 g/mol. The van der Waals surface area contributed by atoms with E-state index in [1.807, 2.05) is 0 Å². The Morgan fingerprint density at radius 2 is 1.84 bits per heavy atom. The summed E-state index contributed by atoms with van der Waals surface area (Å²) >= 11 is 0. The van der Waals surface area contributed by atoms with Gasteiger partial charge in [0.05, 0.1) is 23.5 Å². The molecule has 31 heavy (non-hydrogen) atoms. The fourth-order valence-corrected chi connectivity index (χ4v) is 3.04. The molecule has 1 N–H and O–H groups in total. The molecular weight excluding hydrogens is 402 g/mol. The second kappa shape index (κ2) is 8.39. The number of rotatable bonds is 5. The Kier molecular flexibility index (Phi) is 5.48. The lowest BCUT2D eigenvalue weighted by molar-refractivity contribution is 0.0934. The van der Waals surface area contributed by atoms with Crippen LogP contribution in [0.2, 0.25) is 0 Å². The quantitative estimate of drug-likeness (QED) is 0.498. The van der Waals surface area contributed by atoms with E-state index in [-0.39, 0.29) is 11.5 Å². The molecular formula is C22H18F2N6O. The summed E-state index contributed by atoms with van der Waals surface area (Å²) in [7, 11) is 1.76. The number of aryl methyl sites for hydroxylation is 1. The molecule has 4 aromatic rings. The van der Waals surface area contributed by atoms with Crippen LogP contribution in [0.25, 0.3) is 22.6 Å². The Morgan fingerprint density at radius 3 is 2.52 bits per heavy atom. The molecule has 1 aromatic carbocycles. The number of carbonyl (C=O) groups excluding carboxylic acids is 1. The third-order valence-corrected chi connectivity index (χ3v) is 4.66. The zero-order valence-electron chi connectivity index (χ0n) is 16.8. The standard InChI is InChI=1S/C22H18F2N6O/c1-13(15-7-8-25-20(24)9-15)27-22(31)19-10-18(14-3-5-17(23)6-4-14)28-21(29-19)16-11-26-30(2)12-16/h3-13H,1-2H3,(H,27,31)/t13-/m0/s1. The summed E-state index contributed by atoms with van der Waals surface area (Å²) in [5.41, 5.74) is 2.41. The lowest BCUT2D eigenvalue weighted by Gasteiger charge is -2.15. The van der Waals surface area contributed by atoms with Gasteiger partial charge in [0.15, 0.2) is 5.82 Å². The fraction of sp³-hybridized carbons (Fsp3) is 0.136. The Morgan fingerprint density at radius 1 is 1.06 bits per heavy atom. The van der Waals surface area contributed by atoms with Crippen LogP contribution < -0.4 is 5.32 Å². The molecule has 0 saturated heterocycles. The van der Waals surface area contributed by atoms with Gasteiger partial charge in [-0.1, -0.05) is 0 Å². The minimum Gasteiger partial charge on any atom is -0.344 e.